The van der Waals surface area contributed by atoms with Crippen molar-refractivity contribution in [2.45, 2.75) is 32.2 Å². The summed E-state index contributed by atoms with van der Waals surface area (Å²) in [5.41, 5.74) is 5.68. The van der Waals surface area contributed by atoms with Gasteiger partial charge < -0.3 is 5.73 Å². The van der Waals surface area contributed by atoms with Crippen LogP contribution in [-0.4, -0.2) is 6.04 Å². The molecule has 0 amide bonds. The van der Waals surface area contributed by atoms with E-state index in [1.165, 1.54) is 19.3 Å². The Morgan fingerprint density at radius 2 is 2.14 bits per heavy atom. The Labute approximate surface area is 44.9 Å². The Bertz CT molecular complexity index is 53.2. The molecular formula is C6H13N. The first-order chi connectivity index (χ1) is 3.30. The highest BCUT2D eigenvalue weighted by Gasteiger charge is 2.18. The standard InChI is InChI=1S/C6H13N/c1-5-3-2-4-6(5)7/h5-6H,2-4,7H2,1H3/t5-,6-/m0/s1. The van der Waals surface area contributed by atoms with Crippen LogP contribution in [0.3, 0.4) is 0 Å². The molecule has 2 atom stereocenters. The molecule has 1 rings (SSSR count). The molecule has 0 bridgehead atoms. The molecule has 42 valence electrons. The number of hydrogen-bond donors (Lipinski definition) is 1. The van der Waals surface area contributed by atoms with Gasteiger partial charge in [-0.25, -0.2) is 0 Å². The van der Waals surface area contributed by atoms with Crippen molar-refractivity contribution in [1.82, 2.24) is 0 Å². The molecule has 1 heteroatoms. The molecule has 1 nitrogen and oxygen atoms in total. The Balaban J connectivity index is 2.33. The van der Waals surface area contributed by atoms with Crippen LogP contribution in [0.5, 0.6) is 0 Å². The first-order valence-electron chi connectivity index (χ1n) is 3.06. The molecule has 1 saturated carbocycles. The average Bonchev–Trinajstić information content (AvgIpc) is 1.91. The molecule has 0 aliphatic heterocycles. The fourth-order valence-corrected chi connectivity index (χ4v) is 1.17. The summed E-state index contributed by atoms with van der Waals surface area (Å²) in [6, 6.07) is 0.514. The second-order valence-corrected chi connectivity index (χ2v) is 2.57. The average molecular weight is 99.2 g/mol. The van der Waals surface area contributed by atoms with Crippen LogP contribution in [0, 0.1) is 5.92 Å². The second kappa shape index (κ2) is 1.83. The first-order valence-corrected chi connectivity index (χ1v) is 3.06. The van der Waals surface area contributed by atoms with Gasteiger partial charge in [0.25, 0.3) is 0 Å². The zero-order valence-electron chi connectivity index (χ0n) is 4.85. The first kappa shape index (κ1) is 5.10. The SMILES string of the molecule is C[C@H]1CCC[C@@H]1N. The van der Waals surface area contributed by atoms with Crippen molar-refractivity contribution in [2.75, 3.05) is 0 Å². The third kappa shape index (κ3) is 0.942. The zero-order chi connectivity index (χ0) is 5.28. The molecule has 1 aliphatic carbocycles. The van der Waals surface area contributed by atoms with E-state index in [9.17, 15) is 0 Å². The van der Waals surface area contributed by atoms with Crippen molar-refractivity contribution in [3.63, 3.8) is 0 Å². The summed E-state index contributed by atoms with van der Waals surface area (Å²) in [6.07, 6.45) is 3.95. The Morgan fingerprint density at radius 1 is 1.43 bits per heavy atom. The highest BCUT2D eigenvalue weighted by atomic mass is 14.7. The summed E-state index contributed by atoms with van der Waals surface area (Å²) >= 11 is 0. The Kier molecular flexibility index (Phi) is 1.33. The maximum absolute atomic E-state index is 5.68. The van der Waals surface area contributed by atoms with Crippen LogP contribution in [0.25, 0.3) is 0 Å². The normalized spacial score (nSPS) is 42.0. The van der Waals surface area contributed by atoms with E-state index < -0.39 is 0 Å². The van der Waals surface area contributed by atoms with E-state index in [0.717, 1.165) is 5.92 Å². The van der Waals surface area contributed by atoms with E-state index in [4.69, 9.17) is 5.73 Å². The number of rotatable bonds is 0. The molecule has 7 heavy (non-hydrogen) atoms. The maximum Gasteiger partial charge on any atom is 0.00645 e. The van der Waals surface area contributed by atoms with Crippen LogP contribution in [0.2, 0.25) is 0 Å². The van der Waals surface area contributed by atoms with Gasteiger partial charge in [-0.05, 0) is 18.8 Å². The zero-order valence-corrected chi connectivity index (χ0v) is 4.85. The molecule has 1 fully saturated rings. The topological polar surface area (TPSA) is 26.0 Å². The van der Waals surface area contributed by atoms with Gasteiger partial charge in [0.2, 0.25) is 0 Å². The highest BCUT2D eigenvalue weighted by Crippen LogP contribution is 2.22. The minimum absolute atomic E-state index is 0.514. The fourth-order valence-electron chi connectivity index (χ4n) is 1.17. The van der Waals surface area contributed by atoms with Gasteiger partial charge in [-0.15, -0.1) is 0 Å². The molecular weight excluding hydrogens is 86.1 g/mol. The van der Waals surface area contributed by atoms with Crippen molar-refractivity contribution in [1.29, 1.82) is 0 Å². The van der Waals surface area contributed by atoms with Crippen LogP contribution in [0.4, 0.5) is 0 Å². The monoisotopic (exact) mass is 99.1 g/mol. The highest BCUT2D eigenvalue weighted by molar-refractivity contribution is 4.75. The molecule has 0 aromatic heterocycles. The summed E-state index contributed by atoms with van der Waals surface area (Å²) in [5.74, 6) is 0.792. The van der Waals surface area contributed by atoms with Gasteiger partial charge >= 0.3 is 0 Å². The van der Waals surface area contributed by atoms with Crippen LogP contribution in [-0.2, 0) is 0 Å². The minimum atomic E-state index is 0.514. The van der Waals surface area contributed by atoms with Crippen LogP contribution < -0.4 is 5.73 Å². The van der Waals surface area contributed by atoms with Crippen LogP contribution >= 0.6 is 0 Å². The van der Waals surface area contributed by atoms with Crippen LogP contribution in [0.1, 0.15) is 26.2 Å². The largest absolute Gasteiger partial charge is 0.327 e. The number of hydrogen-bond acceptors (Lipinski definition) is 1. The maximum atomic E-state index is 5.68. The smallest absolute Gasteiger partial charge is 0.00645 e. The van der Waals surface area contributed by atoms with Gasteiger partial charge in [-0.2, -0.15) is 0 Å². The predicted molar refractivity (Wildman–Crippen MR) is 31.0 cm³/mol. The summed E-state index contributed by atoms with van der Waals surface area (Å²) in [4.78, 5) is 0. The third-order valence-electron chi connectivity index (χ3n) is 1.93. The Morgan fingerprint density at radius 3 is 2.29 bits per heavy atom. The molecule has 0 heterocycles. The van der Waals surface area contributed by atoms with Gasteiger partial charge in [0.1, 0.15) is 0 Å². The van der Waals surface area contributed by atoms with Crippen molar-refractivity contribution >= 4 is 0 Å². The van der Waals surface area contributed by atoms with Crippen molar-refractivity contribution in [2.24, 2.45) is 11.7 Å². The lowest BCUT2D eigenvalue weighted by Gasteiger charge is -2.05. The van der Waals surface area contributed by atoms with E-state index in [1.54, 1.807) is 0 Å². The van der Waals surface area contributed by atoms with Gasteiger partial charge in [0.15, 0.2) is 0 Å². The van der Waals surface area contributed by atoms with Gasteiger partial charge in [0.05, 0.1) is 0 Å². The fraction of sp³-hybridized carbons (Fsp3) is 1.00. The lowest BCUT2D eigenvalue weighted by molar-refractivity contribution is 0.527. The molecule has 0 spiro atoms. The van der Waals surface area contributed by atoms with Crippen LogP contribution in [0.15, 0.2) is 0 Å². The molecule has 1 aliphatic rings. The molecule has 0 radical (unpaired) electrons. The lowest BCUT2D eigenvalue weighted by Crippen LogP contribution is -2.21. The van der Waals surface area contributed by atoms with E-state index in [2.05, 4.69) is 6.92 Å². The van der Waals surface area contributed by atoms with Gasteiger partial charge in [0, 0.05) is 6.04 Å². The number of nitrogens with two attached hydrogens (primary N) is 1. The van der Waals surface area contributed by atoms with E-state index in [-0.39, 0.29) is 0 Å². The Hall–Kier alpha value is -0.0400. The van der Waals surface area contributed by atoms with E-state index in [0.29, 0.717) is 6.04 Å². The predicted octanol–water partition coefficient (Wildman–Crippen LogP) is 1.13. The quantitative estimate of drug-likeness (QED) is 0.484. The molecule has 0 aromatic rings. The minimum Gasteiger partial charge on any atom is -0.327 e. The van der Waals surface area contributed by atoms with Crippen molar-refractivity contribution < 1.29 is 0 Å². The molecule has 0 aromatic carbocycles. The molecule has 0 unspecified atom stereocenters. The van der Waals surface area contributed by atoms with Crippen molar-refractivity contribution in [3.8, 4) is 0 Å². The summed E-state index contributed by atoms with van der Waals surface area (Å²) < 4.78 is 0. The lowest BCUT2D eigenvalue weighted by atomic mass is 10.1. The van der Waals surface area contributed by atoms with E-state index >= 15 is 0 Å². The summed E-state index contributed by atoms with van der Waals surface area (Å²) in [5, 5.41) is 0. The van der Waals surface area contributed by atoms with Gasteiger partial charge in [-0.3, -0.25) is 0 Å². The van der Waals surface area contributed by atoms with E-state index in [1.807, 2.05) is 0 Å². The summed E-state index contributed by atoms with van der Waals surface area (Å²) in [7, 11) is 0. The second-order valence-electron chi connectivity index (χ2n) is 2.57. The summed E-state index contributed by atoms with van der Waals surface area (Å²) in [6.45, 7) is 2.23. The molecule has 0 saturated heterocycles. The molecule has 2 N–H and O–H groups in total. The third-order valence-corrected chi connectivity index (χ3v) is 1.93. The van der Waals surface area contributed by atoms with Crippen molar-refractivity contribution in [3.05, 3.63) is 0 Å². The van der Waals surface area contributed by atoms with Gasteiger partial charge in [-0.1, -0.05) is 13.3 Å².